The Bertz CT molecular complexity index is 3790. The molecule has 9 heterocycles. The highest BCUT2D eigenvalue weighted by Crippen LogP contribution is 2.62. The van der Waals surface area contributed by atoms with Crippen molar-refractivity contribution in [2.45, 2.75) is 16.5 Å². The Morgan fingerprint density at radius 1 is 0.303 bits per heavy atom. The summed E-state index contributed by atoms with van der Waals surface area (Å²) in [5.41, 5.74) is 30.9. The molecular weight excluding hydrogens is 798 g/mol. The van der Waals surface area contributed by atoms with Crippen molar-refractivity contribution in [3.05, 3.63) is 250 Å². The number of aromatic nitrogens is 2. The van der Waals surface area contributed by atoms with Gasteiger partial charge in [0.25, 0.3) is 0 Å². The smallest absolute Gasteiger partial charge is 0.420 e. The first kappa shape index (κ1) is 32.6. The predicted octanol–water partition coefficient (Wildman–Crippen LogP) is 6.64. The summed E-state index contributed by atoms with van der Waals surface area (Å²) < 4.78 is 13.1. The first-order valence-corrected chi connectivity index (χ1v) is 23.6. The molecule has 9 aliphatic rings. The van der Waals surface area contributed by atoms with Crippen LogP contribution in [0.2, 0.25) is 0 Å². The van der Waals surface area contributed by atoms with E-state index in [0.29, 0.717) is 0 Å². The summed E-state index contributed by atoms with van der Waals surface area (Å²) in [6, 6.07) is 70.4. The Hall–Kier alpha value is -8.01. The van der Waals surface area contributed by atoms with Gasteiger partial charge in [0.2, 0.25) is 0 Å². The van der Waals surface area contributed by atoms with E-state index < -0.39 is 16.5 Å². The Balaban J connectivity index is 1.05. The van der Waals surface area contributed by atoms with E-state index in [1.165, 1.54) is 133 Å². The third-order valence-corrected chi connectivity index (χ3v) is 18.1. The van der Waals surface area contributed by atoms with Crippen LogP contribution in [0.1, 0.15) is 55.6 Å². The topological polar surface area (TPSA) is 17.0 Å². The van der Waals surface area contributed by atoms with Gasteiger partial charge < -0.3 is 4.74 Å². The lowest BCUT2D eigenvalue weighted by atomic mass is 9.29. The number of nitrogens with zero attached hydrogens (tertiary/aromatic N) is 2. The maximum absolute atomic E-state index is 7.60. The van der Waals surface area contributed by atoms with Crippen LogP contribution in [0.3, 0.4) is 0 Å². The highest BCUT2D eigenvalue weighted by atomic mass is 16.5. The highest BCUT2D eigenvalue weighted by Gasteiger charge is 2.76. The van der Waals surface area contributed by atoms with Crippen molar-refractivity contribution in [2.75, 3.05) is 0 Å². The van der Waals surface area contributed by atoms with Gasteiger partial charge >= 0.3 is 19.1 Å². The second-order valence-electron chi connectivity index (χ2n) is 20.0. The Labute approximate surface area is 381 Å². The lowest BCUT2D eigenvalue weighted by Crippen LogP contribution is -2.93. The van der Waals surface area contributed by atoms with Crippen LogP contribution < -0.4 is 46.9 Å². The zero-order valence-corrected chi connectivity index (χ0v) is 35.4. The summed E-state index contributed by atoms with van der Waals surface area (Å²) >= 11 is 0. The molecule has 296 valence electrons. The maximum Gasteiger partial charge on any atom is 0.420 e. The van der Waals surface area contributed by atoms with Gasteiger partial charge in [0.05, 0.1) is 10.8 Å². The fraction of sp³-hybridized carbons (Fsp3) is 0.0492. The molecule has 2 aliphatic carbocycles. The second kappa shape index (κ2) is 10.1. The fourth-order valence-corrected chi connectivity index (χ4v) is 16.5. The van der Waals surface area contributed by atoms with E-state index in [0.717, 1.165) is 11.5 Å². The van der Waals surface area contributed by atoms with Crippen LogP contribution in [0, 0.1) is 0 Å². The maximum atomic E-state index is 7.60. The molecular formula is C61H32B2N2O+2. The first-order valence-electron chi connectivity index (χ1n) is 23.6. The van der Waals surface area contributed by atoms with Gasteiger partial charge in [-0.2, -0.15) is 0 Å². The van der Waals surface area contributed by atoms with Crippen molar-refractivity contribution in [3.63, 3.8) is 0 Å². The molecule has 7 aliphatic heterocycles. The van der Waals surface area contributed by atoms with Gasteiger partial charge in [-0.3, -0.25) is 0 Å². The Morgan fingerprint density at radius 3 is 1.08 bits per heavy atom. The van der Waals surface area contributed by atoms with Gasteiger partial charge in [-0.1, -0.05) is 146 Å². The van der Waals surface area contributed by atoms with Crippen molar-refractivity contribution in [3.8, 4) is 56.0 Å². The van der Waals surface area contributed by atoms with E-state index in [2.05, 4.69) is 204 Å². The minimum atomic E-state index is -0.806. The Kier molecular flexibility index (Phi) is 4.99. The molecule has 8 aromatic carbocycles. The van der Waals surface area contributed by atoms with Crippen molar-refractivity contribution in [2.24, 2.45) is 0 Å². The number of hydrogen-bond donors (Lipinski definition) is 0. The molecule has 0 saturated carbocycles. The molecule has 0 N–H and O–H groups in total. The van der Waals surface area contributed by atoms with Crippen LogP contribution in [0.25, 0.3) is 44.5 Å². The van der Waals surface area contributed by atoms with Gasteiger partial charge in [0.15, 0.2) is 23.6 Å². The number of benzene rings is 8. The summed E-state index contributed by atoms with van der Waals surface area (Å²) in [5.74, 6) is 1.91. The number of pyridine rings is 2. The third kappa shape index (κ3) is 2.89. The van der Waals surface area contributed by atoms with Gasteiger partial charge in [0, 0.05) is 23.3 Å². The van der Waals surface area contributed by atoms with Crippen molar-refractivity contribution in [1.29, 1.82) is 0 Å². The molecule has 0 fully saturated rings. The van der Waals surface area contributed by atoms with Crippen LogP contribution in [0.5, 0.6) is 11.5 Å². The van der Waals surface area contributed by atoms with E-state index in [9.17, 15) is 0 Å². The lowest BCUT2D eigenvalue weighted by molar-refractivity contribution is -0.958. The molecule has 5 heteroatoms. The van der Waals surface area contributed by atoms with Crippen molar-refractivity contribution in [1.82, 2.24) is 0 Å². The zero-order valence-electron chi connectivity index (χ0n) is 35.4. The molecule has 2 aromatic heterocycles. The zero-order chi connectivity index (χ0) is 42.2. The normalized spacial score (nSPS) is 17.2. The average molecular weight is 831 g/mol. The van der Waals surface area contributed by atoms with Crippen LogP contribution in [-0.2, 0) is 16.5 Å². The molecule has 3 spiro atoms. The molecule has 0 saturated heterocycles. The van der Waals surface area contributed by atoms with Crippen molar-refractivity contribution < 1.29 is 13.9 Å². The molecule has 0 atom stereocenters. The summed E-state index contributed by atoms with van der Waals surface area (Å²) in [7, 11) is 0. The summed E-state index contributed by atoms with van der Waals surface area (Å²) in [6.07, 6.45) is 4.84. The second-order valence-corrected chi connectivity index (χ2v) is 20.0. The highest BCUT2D eigenvalue weighted by molar-refractivity contribution is 7.00. The van der Waals surface area contributed by atoms with Crippen LogP contribution >= 0.6 is 0 Å². The minimum Gasteiger partial charge on any atom is -0.456 e. The molecule has 19 rings (SSSR count). The molecule has 0 unspecified atom stereocenters. The minimum absolute atomic E-state index is 0.0389. The van der Waals surface area contributed by atoms with Gasteiger partial charge in [-0.15, -0.1) is 9.13 Å². The molecule has 66 heavy (non-hydrogen) atoms. The quantitative estimate of drug-likeness (QED) is 0.124. The largest absolute Gasteiger partial charge is 0.456 e. The van der Waals surface area contributed by atoms with Gasteiger partial charge in [-0.25, -0.2) is 0 Å². The monoisotopic (exact) mass is 830 g/mol. The number of hydrogen-bond acceptors (Lipinski definition) is 1. The third-order valence-electron chi connectivity index (χ3n) is 18.1. The SMILES string of the molecule is c1ccc2c(c1)-c1ccccc1C21c2cccc3c2B2c4c1ccc1c4C4(c5c(ccc6c5B5c7c(cccc7C67c6ccccc6-c6ccccc67)-c6ccc[n+]4c65)O1)[n+]1cccc-3c12. The summed E-state index contributed by atoms with van der Waals surface area (Å²) in [5, 5.41) is 0. The standard InChI is InChI=1S/C61H32B2N2O/c1-5-21-41-33(13-1)34-14-2-6-22-42(34)59(41)45-25-9-17-37-39-19-11-31-64-57(39)62(53(37)45)55-47(59)27-29-49-51(55)61(64)52-50(66-49)30-28-48-56(52)63-54-38(40-20-12-32-65(61)58(40)63)18-10-26-46(54)60(48)43-23-7-3-15-35(43)36-16-4-8-24-44(36)60/h1-32H/q+2. The van der Waals surface area contributed by atoms with Crippen LogP contribution in [0.4, 0.5) is 0 Å². The number of ether oxygens (including phenoxy) is 1. The summed E-state index contributed by atoms with van der Waals surface area (Å²) in [6.45, 7) is 0.0778. The predicted molar refractivity (Wildman–Crippen MR) is 260 cm³/mol. The fourth-order valence-electron chi connectivity index (χ4n) is 16.5. The lowest BCUT2D eigenvalue weighted by Gasteiger charge is -2.48. The molecule has 3 nitrogen and oxygen atoms in total. The Morgan fingerprint density at radius 2 is 0.652 bits per heavy atom. The van der Waals surface area contributed by atoms with Crippen molar-refractivity contribution >= 4 is 46.5 Å². The molecule has 10 aromatic rings. The molecule has 0 radical (unpaired) electrons. The average Bonchev–Trinajstić information content (AvgIpc) is 4.09. The van der Waals surface area contributed by atoms with E-state index in [1.807, 2.05) is 0 Å². The van der Waals surface area contributed by atoms with E-state index in [1.54, 1.807) is 0 Å². The first-order chi connectivity index (χ1) is 32.8. The van der Waals surface area contributed by atoms with E-state index >= 15 is 0 Å². The number of rotatable bonds is 0. The summed E-state index contributed by atoms with van der Waals surface area (Å²) in [4.78, 5) is 0. The van der Waals surface area contributed by atoms with Gasteiger partial charge in [-0.05, 0) is 124 Å². The number of fused-ring (bicyclic) bond motifs is 16. The van der Waals surface area contributed by atoms with E-state index in [-0.39, 0.29) is 13.4 Å². The van der Waals surface area contributed by atoms with E-state index in [4.69, 9.17) is 4.74 Å². The molecule has 0 amide bonds. The van der Waals surface area contributed by atoms with Gasteiger partial charge in [0.1, 0.15) is 22.6 Å². The van der Waals surface area contributed by atoms with Crippen LogP contribution in [-0.4, -0.2) is 13.4 Å². The van der Waals surface area contributed by atoms with Crippen LogP contribution in [0.15, 0.2) is 194 Å². The molecule has 0 bridgehead atoms.